The molecule has 0 amide bonds. The van der Waals surface area contributed by atoms with E-state index in [1.54, 1.807) is 0 Å². The summed E-state index contributed by atoms with van der Waals surface area (Å²) in [7, 11) is -3.78. The van der Waals surface area contributed by atoms with Crippen LogP contribution in [0.3, 0.4) is 0 Å². The van der Waals surface area contributed by atoms with Gasteiger partial charge in [-0.2, -0.15) is 4.31 Å². The number of hydrogen-bond acceptors (Lipinski definition) is 5. The minimum absolute atomic E-state index is 0.0878. The van der Waals surface area contributed by atoms with Gasteiger partial charge in [0.25, 0.3) is 5.69 Å². The van der Waals surface area contributed by atoms with Crippen molar-refractivity contribution < 1.29 is 13.3 Å². The quantitative estimate of drug-likeness (QED) is 0.609. The van der Waals surface area contributed by atoms with Crippen molar-refractivity contribution in [1.29, 1.82) is 0 Å². The van der Waals surface area contributed by atoms with Crippen molar-refractivity contribution in [3.8, 4) is 0 Å². The lowest BCUT2D eigenvalue weighted by Gasteiger charge is -2.31. The number of sulfonamides is 1. The van der Waals surface area contributed by atoms with E-state index in [4.69, 9.17) is 11.6 Å². The van der Waals surface area contributed by atoms with Crippen molar-refractivity contribution in [1.82, 2.24) is 9.62 Å². The van der Waals surface area contributed by atoms with Gasteiger partial charge in [-0.1, -0.05) is 18.5 Å². The normalized spacial score (nSPS) is 17.1. The lowest BCUT2D eigenvalue weighted by atomic mass is 9.98. The van der Waals surface area contributed by atoms with Crippen molar-refractivity contribution in [3.63, 3.8) is 0 Å². The molecule has 0 atom stereocenters. The predicted octanol–water partition coefficient (Wildman–Crippen LogP) is 2.57. The summed E-state index contributed by atoms with van der Waals surface area (Å²) in [6.45, 7) is 6.14. The second-order valence-electron chi connectivity index (χ2n) is 5.96. The third-order valence-corrected chi connectivity index (χ3v) is 6.65. The maximum atomic E-state index is 12.8. The number of hydrogen-bond donors (Lipinski definition) is 1. The minimum Gasteiger partial charge on any atom is -0.317 e. The molecule has 1 N–H and O–H groups in total. The summed E-state index contributed by atoms with van der Waals surface area (Å²) in [5.41, 5.74) is -0.00642. The van der Waals surface area contributed by atoms with Crippen LogP contribution >= 0.6 is 11.6 Å². The summed E-state index contributed by atoms with van der Waals surface area (Å²) in [4.78, 5) is 10.4. The first-order valence-electron chi connectivity index (χ1n) is 7.92. The molecule has 1 saturated heterocycles. The van der Waals surface area contributed by atoms with Gasteiger partial charge in [-0.05, 0) is 44.8 Å². The summed E-state index contributed by atoms with van der Waals surface area (Å²) in [5, 5.41) is 14.5. The van der Waals surface area contributed by atoms with E-state index in [9.17, 15) is 18.5 Å². The fourth-order valence-electron chi connectivity index (χ4n) is 2.83. The Labute approximate surface area is 147 Å². The lowest BCUT2D eigenvalue weighted by Crippen LogP contribution is -2.40. The summed E-state index contributed by atoms with van der Waals surface area (Å²) >= 11 is 5.99. The van der Waals surface area contributed by atoms with Gasteiger partial charge in [-0.15, -0.1) is 0 Å². The van der Waals surface area contributed by atoms with Gasteiger partial charge in [0.15, 0.2) is 0 Å². The molecular weight excluding hydrogens is 354 g/mol. The zero-order valence-corrected chi connectivity index (χ0v) is 15.4. The standard InChI is InChI=1S/C15H22ClN3O4S/c1-3-17-10-12-4-6-18(7-5-12)24(22,23)13-8-14(16)11(2)15(9-13)19(20)21/h8-9,12,17H,3-7,10H2,1-2H3. The molecule has 134 valence electrons. The monoisotopic (exact) mass is 375 g/mol. The van der Waals surface area contributed by atoms with Crippen LogP contribution in [0.25, 0.3) is 0 Å². The summed E-state index contributed by atoms with van der Waals surface area (Å²) in [6, 6.07) is 2.39. The van der Waals surface area contributed by atoms with Crippen LogP contribution in [-0.2, 0) is 10.0 Å². The SMILES string of the molecule is CCNCC1CCN(S(=O)(=O)c2cc(Cl)c(C)c([N+](=O)[O-])c2)CC1. The van der Waals surface area contributed by atoms with Crippen LogP contribution in [0.5, 0.6) is 0 Å². The molecule has 1 aliphatic heterocycles. The van der Waals surface area contributed by atoms with E-state index in [0.29, 0.717) is 19.0 Å². The van der Waals surface area contributed by atoms with Crippen LogP contribution in [-0.4, -0.2) is 43.8 Å². The fourth-order valence-corrected chi connectivity index (χ4v) is 4.63. The van der Waals surface area contributed by atoms with E-state index in [2.05, 4.69) is 5.32 Å². The molecule has 9 heteroatoms. The topological polar surface area (TPSA) is 92.6 Å². The predicted molar refractivity (Wildman–Crippen MR) is 92.9 cm³/mol. The molecule has 7 nitrogen and oxygen atoms in total. The number of halogens is 1. The van der Waals surface area contributed by atoms with Crippen LogP contribution in [0.2, 0.25) is 5.02 Å². The number of piperidine rings is 1. The molecule has 0 saturated carbocycles. The number of nitrogens with zero attached hydrogens (tertiary/aromatic N) is 2. The van der Waals surface area contributed by atoms with Gasteiger partial charge >= 0.3 is 0 Å². The van der Waals surface area contributed by atoms with Gasteiger partial charge in [0.1, 0.15) is 0 Å². The molecule has 0 unspecified atom stereocenters. The molecular formula is C15H22ClN3O4S. The van der Waals surface area contributed by atoms with Crippen molar-refractivity contribution in [2.75, 3.05) is 26.2 Å². The second-order valence-corrected chi connectivity index (χ2v) is 8.31. The maximum absolute atomic E-state index is 12.8. The number of rotatable bonds is 6. The van der Waals surface area contributed by atoms with Gasteiger partial charge in [0, 0.05) is 24.7 Å². The molecule has 1 heterocycles. The van der Waals surface area contributed by atoms with E-state index in [0.717, 1.165) is 32.0 Å². The molecule has 0 bridgehead atoms. The Balaban J connectivity index is 2.21. The Hall–Kier alpha value is -1.22. The highest BCUT2D eigenvalue weighted by Gasteiger charge is 2.31. The first-order chi connectivity index (χ1) is 11.3. The van der Waals surface area contributed by atoms with Crippen LogP contribution < -0.4 is 5.32 Å². The Morgan fingerprint density at radius 1 is 1.38 bits per heavy atom. The van der Waals surface area contributed by atoms with E-state index < -0.39 is 14.9 Å². The third-order valence-electron chi connectivity index (χ3n) is 4.38. The van der Waals surface area contributed by atoms with Gasteiger partial charge in [-0.25, -0.2) is 8.42 Å². The second kappa shape index (κ2) is 7.77. The average molecular weight is 376 g/mol. The highest BCUT2D eigenvalue weighted by atomic mass is 35.5. The number of nitro benzene ring substituents is 1. The Kier molecular flexibility index (Phi) is 6.19. The van der Waals surface area contributed by atoms with Gasteiger partial charge in [0.2, 0.25) is 10.0 Å². The van der Waals surface area contributed by atoms with Gasteiger partial charge in [-0.3, -0.25) is 10.1 Å². The molecule has 1 aromatic carbocycles. The lowest BCUT2D eigenvalue weighted by molar-refractivity contribution is -0.385. The van der Waals surface area contributed by atoms with Gasteiger partial charge in [0.05, 0.1) is 14.8 Å². The van der Waals surface area contributed by atoms with Crippen LogP contribution in [0.4, 0.5) is 5.69 Å². The summed E-state index contributed by atoms with van der Waals surface area (Å²) in [6.07, 6.45) is 1.54. The molecule has 1 aliphatic rings. The fraction of sp³-hybridized carbons (Fsp3) is 0.600. The third kappa shape index (κ3) is 4.05. The van der Waals surface area contributed by atoms with E-state index in [1.807, 2.05) is 6.92 Å². The van der Waals surface area contributed by atoms with Crippen LogP contribution in [0.15, 0.2) is 17.0 Å². The molecule has 0 radical (unpaired) electrons. The molecule has 1 fully saturated rings. The molecule has 0 aliphatic carbocycles. The highest BCUT2D eigenvalue weighted by Crippen LogP contribution is 2.32. The zero-order chi connectivity index (χ0) is 17.9. The van der Waals surface area contributed by atoms with Gasteiger partial charge < -0.3 is 5.32 Å². The Morgan fingerprint density at radius 3 is 2.54 bits per heavy atom. The highest BCUT2D eigenvalue weighted by molar-refractivity contribution is 7.89. The molecule has 1 aromatic rings. The molecule has 24 heavy (non-hydrogen) atoms. The van der Waals surface area contributed by atoms with Crippen LogP contribution in [0, 0.1) is 23.0 Å². The minimum atomic E-state index is -3.78. The van der Waals surface area contributed by atoms with Crippen LogP contribution in [0.1, 0.15) is 25.3 Å². The number of nitro groups is 1. The van der Waals surface area contributed by atoms with Crippen molar-refractivity contribution >= 4 is 27.3 Å². The van der Waals surface area contributed by atoms with E-state index >= 15 is 0 Å². The van der Waals surface area contributed by atoms with E-state index in [1.165, 1.54) is 17.3 Å². The summed E-state index contributed by atoms with van der Waals surface area (Å²) in [5.74, 6) is 0.451. The summed E-state index contributed by atoms with van der Waals surface area (Å²) < 4.78 is 26.9. The Bertz CT molecular complexity index is 716. The smallest absolute Gasteiger partial charge is 0.275 e. The maximum Gasteiger partial charge on any atom is 0.275 e. The zero-order valence-electron chi connectivity index (χ0n) is 13.8. The molecule has 2 rings (SSSR count). The molecule has 0 spiro atoms. The van der Waals surface area contributed by atoms with E-state index in [-0.39, 0.29) is 21.2 Å². The van der Waals surface area contributed by atoms with Crippen molar-refractivity contribution in [2.45, 2.75) is 31.6 Å². The van der Waals surface area contributed by atoms with Crippen molar-refractivity contribution in [3.05, 3.63) is 32.8 Å². The first-order valence-corrected chi connectivity index (χ1v) is 9.74. The largest absolute Gasteiger partial charge is 0.317 e. The average Bonchev–Trinajstić information content (AvgIpc) is 2.55. The number of benzene rings is 1. The molecule has 0 aromatic heterocycles. The Morgan fingerprint density at radius 2 is 2.00 bits per heavy atom. The number of nitrogens with one attached hydrogen (secondary N) is 1. The first kappa shape index (κ1) is 19.1. The van der Waals surface area contributed by atoms with Crippen molar-refractivity contribution in [2.24, 2.45) is 5.92 Å².